The molecule has 1 aliphatic rings. The molecule has 0 aliphatic carbocycles. The Hall–Kier alpha value is -1.36. The molecule has 0 atom stereocenters. The van der Waals surface area contributed by atoms with Crippen molar-refractivity contribution in [1.29, 1.82) is 0 Å². The number of carbonyl (C=O) groups excluding carboxylic acids is 1. The van der Waals surface area contributed by atoms with Crippen LogP contribution in [0.4, 0.5) is 0 Å². The zero-order valence-electron chi connectivity index (χ0n) is 9.56. The summed E-state index contributed by atoms with van der Waals surface area (Å²) in [7, 11) is 1.33. The smallest absolute Gasteiger partial charge is 0.343 e. The van der Waals surface area contributed by atoms with E-state index in [1.807, 2.05) is 0 Å². The van der Waals surface area contributed by atoms with Crippen LogP contribution in [0.2, 0.25) is 0 Å². The summed E-state index contributed by atoms with van der Waals surface area (Å²) < 4.78 is 15.5. The fourth-order valence-electron chi connectivity index (χ4n) is 1.75. The second-order valence-electron chi connectivity index (χ2n) is 3.71. The molecule has 0 fully saturated rings. The third kappa shape index (κ3) is 2.66. The lowest BCUT2D eigenvalue weighted by molar-refractivity contribution is -0.142. The first-order valence-corrected chi connectivity index (χ1v) is 5.84. The SMILES string of the molecule is COC(=O)COc1ccc(S)c2c1CCCO2. The van der Waals surface area contributed by atoms with E-state index in [0.717, 1.165) is 29.1 Å². The normalized spacial score (nSPS) is 13.5. The van der Waals surface area contributed by atoms with Crippen LogP contribution >= 0.6 is 12.6 Å². The van der Waals surface area contributed by atoms with Crippen molar-refractivity contribution in [2.75, 3.05) is 20.3 Å². The number of esters is 1. The summed E-state index contributed by atoms with van der Waals surface area (Å²) in [5.41, 5.74) is 0.979. The van der Waals surface area contributed by atoms with Crippen molar-refractivity contribution in [1.82, 2.24) is 0 Å². The van der Waals surface area contributed by atoms with Gasteiger partial charge in [-0.05, 0) is 25.0 Å². The third-order valence-corrected chi connectivity index (χ3v) is 2.94. The number of benzene rings is 1. The predicted octanol–water partition coefficient (Wildman–Crippen LogP) is 1.85. The summed E-state index contributed by atoms with van der Waals surface area (Å²) in [6.45, 7) is 0.607. The minimum absolute atomic E-state index is 0.0884. The number of thiol groups is 1. The van der Waals surface area contributed by atoms with Crippen LogP contribution in [0.5, 0.6) is 11.5 Å². The van der Waals surface area contributed by atoms with Gasteiger partial charge in [-0.1, -0.05) is 0 Å². The molecular formula is C12H14O4S. The zero-order valence-corrected chi connectivity index (χ0v) is 10.5. The van der Waals surface area contributed by atoms with Crippen molar-refractivity contribution in [2.45, 2.75) is 17.7 Å². The second-order valence-corrected chi connectivity index (χ2v) is 4.19. The van der Waals surface area contributed by atoms with Crippen LogP contribution in [0.3, 0.4) is 0 Å². The first kappa shape index (κ1) is 12.1. The van der Waals surface area contributed by atoms with Crippen molar-refractivity contribution in [3.05, 3.63) is 17.7 Å². The number of hydrogen-bond donors (Lipinski definition) is 1. The molecule has 0 aromatic heterocycles. The summed E-state index contributed by atoms with van der Waals surface area (Å²) >= 11 is 4.34. The molecule has 0 saturated carbocycles. The molecule has 0 amide bonds. The summed E-state index contributed by atoms with van der Waals surface area (Å²) in [6, 6.07) is 3.61. The number of hydrogen-bond acceptors (Lipinski definition) is 5. The second kappa shape index (κ2) is 5.31. The molecular weight excluding hydrogens is 240 g/mol. The van der Waals surface area contributed by atoms with Gasteiger partial charge in [-0.25, -0.2) is 4.79 Å². The quantitative estimate of drug-likeness (QED) is 0.660. The van der Waals surface area contributed by atoms with Gasteiger partial charge >= 0.3 is 5.97 Å². The average Bonchev–Trinajstić information content (AvgIpc) is 2.38. The van der Waals surface area contributed by atoms with Crippen LogP contribution in [-0.4, -0.2) is 26.3 Å². The summed E-state index contributed by atoms with van der Waals surface area (Å²) in [4.78, 5) is 11.8. The van der Waals surface area contributed by atoms with Gasteiger partial charge in [-0.2, -0.15) is 0 Å². The Bertz CT molecular complexity index is 431. The molecule has 5 heteroatoms. The predicted molar refractivity (Wildman–Crippen MR) is 65.0 cm³/mol. The molecule has 0 bridgehead atoms. The number of carbonyl (C=O) groups is 1. The first-order chi connectivity index (χ1) is 8.22. The Morgan fingerprint density at radius 2 is 2.35 bits per heavy atom. The minimum atomic E-state index is -0.398. The van der Waals surface area contributed by atoms with E-state index >= 15 is 0 Å². The molecule has 1 aromatic carbocycles. The third-order valence-electron chi connectivity index (χ3n) is 2.59. The monoisotopic (exact) mass is 254 g/mol. The first-order valence-electron chi connectivity index (χ1n) is 5.39. The average molecular weight is 254 g/mol. The molecule has 1 heterocycles. The highest BCUT2D eigenvalue weighted by Gasteiger charge is 2.18. The Morgan fingerprint density at radius 1 is 1.53 bits per heavy atom. The minimum Gasteiger partial charge on any atom is -0.492 e. The summed E-state index contributed by atoms with van der Waals surface area (Å²) in [5, 5.41) is 0. The largest absolute Gasteiger partial charge is 0.492 e. The van der Waals surface area contributed by atoms with E-state index in [-0.39, 0.29) is 6.61 Å². The van der Waals surface area contributed by atoms with Gasteiger partial charge in [0.25, 0.3) is 0 Å². The lowest BCUT2D eigenvalue weighted by Gasteiger charge is -2.21. The van der Waals surface area contributed by atoms with E-state index in [4.69, 9.17) is 9.47 Å². The van der Waals surface area contributed by atoms with Gasteiger partial charge in [0.2, 0.25) is 0 Å². The van der Waals surface area contributed by atoms with Crippen LogP contribution < -0.4 is 9.47 Å². The van der Waals surface area contributed by atoms with Gasteiger partial charge < -0.3 is 14.2 Å². The Labute approximate surface area is 105 Å². The maximum atomic E-state index is 11.0. The lowest BCUT2D eigenvalue weighted by atomic mass is 10.1. The molecule has 1 aromatic rings. The van der Waals surface area contributed by atoms with Gasteiger partial charge in [-0.3, -0.25) is 0 Å². The van der Waals surface area contributed by atoms with Gasteiger partial charge in [0, 0.05) is 10.5 Å². The Kier molecular flexibility index (Phi) is 3.78. The molecule has 2 rings (SSSR count). The van der Waals surface area contributed by atoms with Crippen LogP contribution in [0.25, 0.3) is 0 Å². The standard InChI is InChI=1S/C12H14O4S/c1-14-11(13)7-16-9-4-5-10(17)12-8(9)3-2-6-15-12/h4-5,17H,2-3,6-7H2,1H3. The molecule has 1 aliphatic heterocycles. The highest BCUT2D eigenvalue weighted by Crippen LogP contribution is 2.37. The van der Waals surface area contributed by atoms with E-state index in [1.54, 1.807) is 12.1 Å². The van der Waals surface area contributed by atoms with Gasteiger partial charge in [0.05, 0.1) is 13.7 Å². The van der Waals surface area contributed by atoms with Crippen molar-refractivity contribution in [3.8, 4) is 11.5 Å². The fraction of sp³-hybridized carbons (Fsp3) is 0.417. The number of fused-ring (bicyclic) bond motifs is 1. The highest BCUT2D eigenvalue weighted by atomic mass is 32.1. The van der Waals surface area contributed by atoms with Crippen LogP contribution in [0.1, 0.15) is 12.0 Å². The van der Waals surface area contributed by atoms with E-state index in [1.165, 1.54) is 7.11 Å². The molecule has 0 spiro atoms. The maximum Gasteiger partial charge on any atom is 0.343 e. The van der Waals surface area contributed by atoms with Crippen molar-refractivity contribution < 1.29 is 19.0 Å². The van der Waals surface area contributed by atoms with Crippen LogP contribution in [0, 0.1) is 0 Å². The molecule has 0 unspecified atom stereocenters. The molecule has 17 heavy (non-hydrogen) atoms. The molecule has 4 nitrogen and oxygen atoms in total. The van der Waals surface area contributed by atoms with Crippen molar-refractivity contribution in [3.63, 3.8) is 0 Å². The maximum absolute atomic E-state index is 11.0. The molecule has 0 radical (unpaired) electrons. The van der Waals surface area contributed by atoms with E-state index in [9.17, 15) is 4.79 Å². The number of rotatable bonds is 3. The van der Waals surface area contributed by atoms with Gasteiger partial charge in [-0.15, -0.1) is 12.6 Å². The van der Waals surface area contributed by atoms with E-state index < -0.39 is 5.97 Å². The van der Waals surface area contributed by atoms with Crippen molar-refractivity contribution >= 4 is 18.6 Å². The van der Waals surface area contributed by atoms with Gasteiger partial charge in [0.1, 0.15) is 11.5 Å². The Balaban J connectivity index is 2.20. The van der Waals surface area contributed by atoms with E-state index in [0.29, 0.717) is 12.4 Å². The highest BCUT2D eigenvalue weighted by molar-refractivity contribution is 7.80. The topological polar surface area (TPSA) is 44.8 Å². The van der Waals surface area contributed by atoms with Gasteiger partial charge in [0.15, 0.2) is 6.61 Å². The van der Waals surface area contributed by atoms with E-state index in [2.05, 4.69) is 17.4 Å². The fourth-order valence-corrected chi connectivity index (χ4v) is 2.02. The lowest BCUT2D eigenvalue weighted by Crippen LogP contribution is -2.15. The summed E-state index contributed by atoms with van der Waals surface area (Å²) in [6.07, 6.45) is 1.82. The molecule has 0 N–H and O–H groups in total. The van der Waals surface area contributed by atoms with Crippen LogP contribution in [-0.2, 0) is 16.0 Å². The van der Waals surface area contributed by atoms with Crippen molar-refractivity contribution in [2.24, 2.45) is 0 Å². The molecule has 0 saturated heterocycles. The van der Waals surface area contributed by atoms with Crippen LogP contribution in [0.15, 0.2) is 17.0 Å². The number of methoxy groups -OCH3 is 1. The zero-order chi connectivity index (χ0) is 12.3. The Morgan fingerprint density at radius 3 is 3.12 bits per heavy atom. The number of ether oxygens (including phenoxy) is 3. The molecule has 92 valence electrons. The summed E-state index contributed by atoms with van der Waals surface area (Å²) in [5.74, 6) is 1.04.